The predicted molar refractivity (Wildman–Crippen MR) is 39.9 cm³/mol. The number of rotatable bonds is 0. The molecule has 0 unspecified atom stereocenters. The van der Waals surface area contributed by atoms with Crippen molar-refractivity contribution >= 4 is 22.4 Å². The second-order valence-corrected chi connectivity index (χ2v) is 3.00. The molecular formula is C6H5N3S. The Bertz CT molecular complexity index is 355. The van der Waals surface area contributed by atoms with Crippen LogP contribution in [0.1, 0.15) is 4.88 Å². The lowest BCUT2D eigenvalue weighted by Crippen LogP contribution is -1.77. The highest BCUT2D eigenvalue weighted by Crippen LogP contribution is 2.17. The summed E-state index contributed by atoms with van der Waals surface area (Å²) in [5.74, 6) is 0. The van der Waals surface area contributed by atoms with Crippen LogP contribution in [0.3, 0.4) is 0 Å². The van der Waals surface area contributed by atoms with Gasteiger partial charge in [-0.2, -0.15) is 14.6 Å². The lowest BCUT2D eigenvalue weighted by atomic mass is 10.3. The molecule has 0 aliphatic rings. The fourth-order valence-corrected chi connectivity index (χ4v) is 1.46. The zero-order valence-electron chi connectivity index (χ0n) is 5.40. The van der Waals surface area contributed by atoms with Gasteiger partial charge in [0, 0.05) is 10.3 Å². The summed E-state index contributed by atoms with van der Waals surface area (Å²) in [5, 5.41) is 8.59. The summed E-state index contributed by atoms with van der Waals surface area (Å²) in [6, 6.07) is 0. The van der Waals surface area contributed by atoms with Crippen molar-refractivity contribution in [2.75, 3.05) is 0 Å². The Labute approximate surface area is 61.9 Å². The monoisotopic (exact) mass is 151 g/mol. The van der Waals surface area contributed by atoms with Gasteiger partial charge in [0.1, 0.15) is 5.52 Å². The molecule has 0 spiro atoms. The first-order chi connectivity index (χ1) is 4.88. The van der Waals surface area contributed by atoms with Crippen molar-refractivity contribution in [1.29, 1.82) is 0 Å². The average molecular weight is 151 g/mol. The summed E-state index contributed by atoms with van der Waals surface area (Å²) >= 11 is 1.49. The van der Waals surface area contributed by atoms with Crippen LogP contribution in [-0.2, 0) is 0 Å². The summed E-state index contributed by atoms with van der Waals surface area (Å²) in [6.07, 6.45) is 3.42. The second-order valence-electron chi connectivity index (χ2n) is 2.03. The van der Waals surface area contributed by atoms with Crippen LogP contribution in [0.25, 0.3) is 10.9 Å². The SMILES string of the molecule is Cc1snc2cnncc12. The van der Waals surface area contributed by atoms with Crippen LogP contribution in [0, 0.1) is 6.92 Å². The van der Waals surface area contributed by atoms with Crippen molar-refractivity contribution in [1.82, 2.24) is 14.6 Å². The van der Waals surface area contributed by atoms with Gasteiger partial charge < -0.3 is 0 Å². The topological polar surface area (TPSA) is 38.7 Å². The number of aromatic nitrogens is 3. The maximum Gasteiger partial charge on any atom is 0.106 e. The summed E-state index contributed by atoms with van der Waals surface area (Å²) in [7, 11) is 0. The zero-order valence-corrected chi connectivity index (χ0v) is 6.22. The Hall–Kier alpha value is -1.03. The first kappa shape index (κ1) is 5.73. The molecule has 2 aromatic rings. The molecule has 0 saturated heterocycles. The molecule has 0 amide bonds. The Balaban J connectivity index is 2.93. The molecular weight excluding hydrogens is 146 g/mol. The molecule has 2 aromatic heterocycles. The van der Waals surface area contributed by atoms with Crippen molar-refractivity contribution in [2.45, 2.75) is 6.92 Å². The molecule has 50 valence electrons. The molecule has 0 bridgehead atoms. The van der Waals surface area contributed by atoms with E-state index in [9.17, 15) is 0 Å². The van der Waals surface area contributed by atoms with Crippen molar-refractivity contribution < 1.29 is 0 Å². The quantitative estimate of drug-likeness (QED) is 0.571. The van der Waals surface area contributed by atoms with E-state index in [0.717, 1.165) is 10.9 Å². The minimum Gasteiger partial charge on any atom is -0.191 e. The third kappa shape index (κ3) is 0.690. The van der Waals surface area contributed by atoms with E-state index in [2.05, 4.69) is 14.6 Å². The van der Waals surface area contributed by atoms with E-state index in [1.165, 1.54) is 16.4 Å². The minimum atomic E-state index is 0.942. The van der Waals surface area contributed by atoms with Gasteiger partial charge in [-0.25, -0.2) is 0 Å². The first-order valence-corrected chi connectivity index (χ1v) is 3.68. The van der Waals surface area contributed by atoms with Crippen LogP contribution in [0.15, 0.2) is 12.4 Å². The van der Waals surface area contributed by atoms with E-state index in [0.29, 0.717) is 0 Å². The van der Waals surface area contributed by atoms with Crippen LogP contribution in [0.4, 0.5) is 0 Å². The van der Waals surface area contributed by atoms with E-state index in [4.69, 9.17) is 0 Å². The highest BCUT2D eigenvalue weighted by atomic mass is 32.1. The molecule has 3 nitrogen and oxygen atoms in total. The Morgan fingerprint density at radius 3 is 2.90 bits per heavy atom. The van der Waals surface area contributed by atoms with Crippen molar-refractivity contribution in [3.05, 3.63) is 17.3 Å². The summed E-state index contributed by atoms with van der Waals surface area (Å²) in [4.78, 5) is 1.20. The predicted octanol–water partition coefficient (Wildman–Crippen LogP) is 1.39. The smallest absolute Gasteiger partial charge is 0.106 e. The molecule has 0 N–H and O–H groups in total. The third-order valence-corrected chi connectivity index (χ3v) is 2.15. The number of fused-ring (bicyclic) bond motifs is 1. The molecule has 0 aliphatic heterocycles. The van der Waals surface area contributed by atoms with Crippen LogP contribution in [0.5, 0.6) is 0 Å². The molecule has 0 aromatic carbocycles. The van der Waals surface area contributed by atoms with Gasteiger partial charge in [-0.1, -0.05) is 0 Å². The van der Waals surface area contributed by atoms with Gasteiger partial charge in [-0.15, -0.1) is 0 Å². The van der Waals surface area contributed by atoms with E-state index in [1.807, 2.05) is 6.92 Å². The number of hydrogen-bond acceptors (Lipinski definition) is 4. The lowest BCUT2D eigenvalue weighted by molar-refractivity contribution is 1.05. The first-order valence-electron chi connectivity index (χ1n) is 2.90. The van der Waals surface area contributed by atoms with Gasteiger partial charge in [-0.3, -0.25) is 0 Å². The zero-order chi connectivity index (χ0) is 6.97. The Kier molecular flexibility index (Phi) is 1.14. The molecule has 2 rings (SSSR count). The Morgan fingerprint density at radius 1 is 1.30 bits per heavy atom. The molecule has 10 heavy (non-hydrogen) atoms. The van der Waals surface area contributed by atoms with Gasteiger partial charge in [0.05, 0.1) is 12.4 Å². The van der Waals surface area contributed by atoms with E-state index < -0.39 is 0 Å². The summed E-state index contributed by atoms with van der Waals surface area (Å²) < 4.78 is 4.16. The average Bonchev–Trinajstić information content (AvgIpc) is 2.34. The van der Waals surface area contributed by atoms with Crippen LogP contribution in [-0.4, -0.2) is 14.6 Å². The normalized spacial score (nSPS) is 10.5. The summed E-state index contributed by atoms with van der Waals surface area (Å²) in [6.45, 7) is 2.03. The highest BCUT2D eigenvalue weighted by molar-refractivity contribution is 7.07. The third-order valence-electron chi connectivity index (χ3n) is 1.37. The molecule has 0 saturated carbocycles. The van der Waals surface area contributed by atoms with E-state index >= 15 is 0 Å². The van der Waals surface area contributed by atoms with Gasteiger partial charge in [0.15, 0.2) is 0 Å². The molecule has 2 heterocycles. The maximum atomic E-state index is 4.16. The highest BCUT2D eigenvalue weighted by Gasteiger charge is 1.99. The number of nitrogens with zero attached hydrogens (tertiary/aromatic N) is 3. The fraction of sp³-hybridized carbons (Fsp3) is 0.167. The summed E-state index contributed by atoms with van der Waals surface area (Å²) in [5.41, 5.74) is 0.942. The molecule has 0 radical (unpaired) electrons. The Morgan fingerprint density at radius 2 is 2.10 bits per heavy atom. The molecule has 0 aliphatic carbocycles. The van der Waals surface area contributed by atoms with E-state index in [1.54, 1.807) is 12.4 Å². The van der Waals surface area contributed by atoms with Gasteiger partial charge in [-0.05, 0) is 18.5 Å². The van der Waals surface area contributed by atoms with Crippen molar-refractivity contribution in [3.63, 3.8) is 0 Å². The standard InChI is InChI=1S/C6H5N3S/c1-4-5-2-7-8-3-6(5)9-10-4/h2-3H,1H3. The molecule has 0 atom stereocenters. The van der Waals surface area contributed by atoms with Crippen molar-refractivity contribution in [3.8, 4) is 0 Å². The van der Waals surface area contributed by atoms with Crippen LogP contribution in [0.2, 0.25) is 0 Å². The fourth-order valence-electron chi connectivity index (χ4n) is 0.826. The van der Waals surface area contributed by atoms with Crippen LogP contribution < -0.4 is 0 Å². The number of hydrogen-bond donors (Lipinski definition) is 0. The minimum absolute atomic E-state index is 0.942. The maximum absolute atomic E-state index is 4.16. The van der Waals surface area contributed by atoms with Crippen LogP contribution >= 0.6 is 11.5 Å². The molecule has 0 fully saturated rings. The number of aryl methyl sites for hydroxylation is 1. The van der Waals surface area contributed by atoms with Crippen molar-refractivity contribution in [2.24, 2.45) is 0 Å². The van der Waals surface area contributed by atoms with Gasteiger partial charge in [0.2, 0.25) is 0 Å². The van der Waals surface area contributed by atoms with E-state index in [-0.39, 0.29) is 0 Å². The van der Waals surface area contributed by atoms with Gasteiger partial charge in [0.25, 0.3) is 0 Å². The largest absolute Gasteiger partial charge is 0.191 e. The second kappa shape index (κ2) is 1.98. The van der Waals surface area contributed by atoms with Gasteiger partial charge >= 0.3 is 0 Å². The lowest BCUT2D eigenvalue weighted by Gasteiger charge is -1.82. The molecule has 4 heteroatoms.